The highest BCUT2D eigenvalue weighted by Crippen LogP contribution is 2.32. The van der Waals surface area contributed by atoms with Crippen LogP contribution in [0.3, 0.4) is 0 Å². The van der Waals surface area contributed by atoms with E-state index in [1.807, 2.05) is 30.3 Å². The summed E-state index contributed by atoms with van der Waals surface area (Å²) in [7, 11) is 1.54. The third-order valence-corrected chi connectivity index (χ3v) is 6.29. The Labute approximate surface area is 221 Å². The van der Waals surface area contributed by atoms with Crippen LogP contribution < -0.4 is 14.9 Å². The molecule has 4 aromatic rings. The van der Waals surface area contributed by atoms with Gasteiger partial charge >= 0.3 is 0 Å². The number of benzene rings is 3. The molecule has 0 spiro atoms. The van der Waals surface area contributed by atoms with Gasteiger partial charge in [-0.3, -0.25) is 4.79 Å². The number of nitrogens with one attached hydrogen (secondary N) is 1. The van der Waals surface area contributed by atoms with Crippen molar-refractivity contribution in [2.24, 2.45) is 5.10 Å². The average Bonchev–Trinajstić information content (AvgIpc) is 3.36. The number of aromatic nitrogens is 4. The van der Waals surface area contributed by atoms with Gasteiger partial charge in [-0.05, 0) is 46.8 Å². The minimum absolute atomic E-state index is 0.0705. The number of nitrogens with zero attached hydrogens (tertiary/aromatic N) is 5. The predicted octanol–water partition coefficient (Wildman–Crippen LogP) is 4.80. The molecule has 0 aliphatic rings. The molecular formula is C24H20Cl2N6O3S. The van der Waals surface area contributed by atoms with Gasteiger partial charge < -0.3 is 9.47 Å². The van der Waals surface area contributed by atoms with Crippen LogP contribution in [0.25, 0.3) is 5.69 Å². The van der Waals surface area contributed by atoms with E-state index in [0.717, 1.165) is 11.3 Å². The van der Waals surface area contributed by atoms with Crippen molar-refractivity contribution < 1.29 is 14.3 Å². The molecule has 184 valence electrons. The summed E-state index contributed by atoms with van der Waals surface area (Å²) in [5.41, 5.74) is 4.68. The fourth-order valence-electron chi connectivity index (χ4n) is 3.07. The zero-order valence-electron chi connectivity index (χ0n) is 19.0. The van der Waals surface area contributed by atoms with Crippen LogP contribution in [0, 0.1) is 0 Å². The lowest BCUT2D eigenvalue weighted by Gasteiger charge is -2.14. The molecule has 1 aromatic heterocycles. The summed E-state index contributed by atoms with van der Waals surface area (Å²) in [6.45, 7) is 0.191. The highest BCUT2D eigenvalue weighted by molar-refractivity contribution is 7.99. The standard InChI is InChI=1S/C24H20Cl2N6O3S/c1-34-21-9-5-6-16(23(21)35-14-17-10-11-18(25)12-20(17)26)13-27-28-22(33)15-36-24-29-30-31-32(24)19-7-3-2-4-8-19/h2-13H,14-15H2,1H3,(H,28,33)/b27-13+. The number of hydrogen-bond donors (Lipinski definition) is 1. The van der Waals surface area contributed by atoms with Gasteiger partial charge in [0, 0.05) is 21.2 Å². The number of carbonyl (C=O) groups excluding carboxylic acids is 1. The van der Waals surface area contributed by atoms with Crippen LogP contribution in [0.5, 0.6) is 11.5 Å². The van der Waals surface area contributed by atoms with Crippen molar-refractivity contribution in [3.05, 3.63) is 87.9 Å². The largest absolute Gasteiger partial charge is 0.493 e. The van der Waals surface area contributed by atoms with Crippen molar-refractivity contribution in [3.8, 4) is 17.2 Å². The molecule has 0 aliphatic carbocycles. The molecule has 4 rings (SSSR count). The van der Waals surface area contributed by atoms with E-state index in [4.69, 9.17) is 32.7 Å². The molecule has 12 heteroatoms. The van der Waals surface area contributed by atoms with Crippen LogP contribution in [0.15, 0.2) is 77.0 Å². The van der Waals surface area contributed by atoms with E-state index in [-0.39, 0.29) is 18.3 Å². The number of rotatable bonds is 10. The molecule has 0 atom stereocenters. The fraction of sp³-hybridized carbons (Fsp3) is 0.125. The summed E-state index contributed by atoms with van der Waals surface area (Å²) in [6, 6.07) is 19.9. The van der Waals surface area contributed by atoms with E-state index >= 15 is 0 Å². The summed E-state index contributed by atoms with van der Waals surface area (Å²) in [5.74, 6) is 0.720. The molecule has 0 bridgehead atoms. The molecule has 0 radical (unpaired) electrons. The number of tetrazole rings is 1. The third kappa shape index (κ3) is 6.54. The molecule has 1 heterocycles. The molecule has 0 saturated heterocycles. The lowest BCUT2D eigenvalue weighted by atomic mass is 10.2. The zero-order chi connectivity index (χ0) is 25.3. The Kier molecular flexibility index (Phi) is 8.77. The van der Waals surface area contributed by atoms with Crippen molar-refractivity contribution in [1.82, 2.24) is 25.6 Å². The Balaban J connectivity index is 1.38. The molecule has 0 saturated carbocycles. The van der Waals surface area contributed by atoms with Gasteiger partial charge in [0.25, 0.3) is 5.91 Å². The van der Waals surface area contributed by atoms with Crippen LogP contribution in [0.4, 0.5) is 0 Å². The average molecular weight is 543 g/mol. The number of carbonyl (C=O) groups is 1. The monoisotopic (exact) mass is 542 g/mol. The lowest BCUT2D eigenvalue weighted by molar-refractivity contribution is -0.118. The maximum Gasteiger partial charge on any atom is 0.250 e. The number of halogens is 2. The first kappa shape index (κ1) is 25.5. The second-order valence-corrected chi connectivity index (χ2v) is 8.98. The minimum Gasteiger partial charge on any atom is -0.493 e. The summed E-state index contributed by atoms with van der Waals surface area (Å²) >= 11 is 13.4. The van der Waals surface area contributed by atoms with E-state index in [0.29, 0.717) is 32.3 Å². The highest BCUT2D eigenvalue weighted by atomic mass is 35.5. The summed E-state index contributed by atoms with van der Waals surface area (Å²) in [5, 5.41) is 17.2. The van der Waals surface area contributed by atoms with E-state index in [9.17, 15) is 4.79 Å². The van der Waals surface area contributed by atoms with E-state index in [1.165, 1.54) is 18.0 Å². The van der Waals surface area contributed by atoms with E-state index in [2.05, 4.69) is 26.1 Å². The number of methoxy groups -OCH3 is 1. The molecule has 0 fully saturated rings. The molecule has 1 N–H and O–H groups in total. The molecular weight excluding hydrogens is 523 g/mol. The van der Waals surface area contributed by atoms with Crippen molar-refractivity contribution in [2.45, 2.75) is 11.8 Å². The smallest absolute Gasteiger partial charge is 0.250 e. The lowest BCUT2D eigenvalue weighted by Crippen LogP contribution is -2.20. The van der Waals surface area contributed by atoms with Gasteiger partial charge in [-0.2, -0.15) is 9.78 Å². The first-order valence-corrected chi connectivity index (χ1v) is 12.3. The number of para-hydroxylation sites is 2. The number of ether oxygens (including phenoxy) is 2. The van der Waals surface area contributed by atoms with Gasteiger partial charge in [-0.25, -0.2) is 5.43 Å². The Bertz CT molecular complexity index is 1370. The summed E-state index contributed by atoms with van der Waals surface area (Å²) in [4.78, 5) is 12.4. The van der Waals surface area contributed by atoms with Crippen LogP contribution >= 0.6 is 35.0 Å². The first-order chi connectivity index (χ1) is 17.5. The Morgan fingerprint density at radius 1 is 1.14 bits per heavy atom. The number of thioether (sulfide) groups is 1. The topological polar surface area (TPSA) is 104 Å². The van der Waals surface area contributed by atoms with Crippen LogP contribution in [-0.4, -0.2) is 45.2 Å². The molecule has 0 aliphatic heterocycles. The second kappa shape index (κ2) is 12.4. The Morgan fingerprint density at radius 3 is 2.75 bits per heavy atom. The molecule has 3 aromatic carbocycles. The van der Waals surface area contributed by atoms with Gasteiger partial charge in [0.2, 0.25) is 5.16 Å². The maximum absolute atomic E-state index is 12.4. The SMILES string of the molecule is COc1cccc(/C=N/NC(=O)CSc2nnnn2-c2ccccc2)c1OCc1ccc(Cl)cc1Cl. The van der Waals surface area contributed by atoms with Gasteiger partial charge in [0.05, 0.1) is 24.8 Å². The Morgan fingerprint density at radius 2 is 1.97 bits per heavy atom. The zero-order valence-corrected chi connectivity index (χ0v) is 21.3. The van der Waals surface area contributed by atoms with Gasteiger partial charge in [0.1, 0.15) is 6.61 Å². The quantitative estimate of drug-likeness (QED) is 0.174. The number of hydrogen-bond acceptors (Lipinski definition) is 8. The van der Waals surface area contributed by atoms with Crippen molar-refractivity contribution in [3.63, 3.8) is 0 Å². The van der Waals surface area contributed by atoms with Crippen LogP contribution in [0.2, 0.25) is 10.0 Å². The summed E-state index contributed by atoms with van der Waals surface area (Å²) in [6.07, 6.45) is 1.48. The van der Waals surface area contributed by atoms with E-state index < -0.39 is 0 Å². The number of amides is 1. The fourth-order valence-corrected chi connectivity index (χ4v) is 4.22. The normalized spacial score (nSPS) is 11.0. The van der Waals surface area contributed by atoms with Crippen LogP contribution in [0.1, 0.15) is 11.1 Å². The second-order valence-electron chi connectivity index (χ2n) is 7.19. The van der Waals surface area contributed by atoms with Gasteiger partial charge in [0.15, 0.2) is 11.5 Å². The van der Waals surface area contributed by atoms with Gasteiger partial charge in [-0.1, -0.05) is 65.3 Å². The highest BCUT2D eigenvalue weighted by Gasteiger charge is 2.13. The minimum atomic E-state index is -0.322. The summed E-state index contributed by atoms with van der Waals surface area (Å²) < 4.78 is 13.0. The van der Waals surface area contributed by atoms with Crippen molar-refractivity contribution >= 4 is 47.1 Å². The molecule has 1 amide bonds. The predicted molar refractivity (Wildman–Crippen MR) is 139 cm³/mol. The number of hydrazone groups is 1. The maximum atomic E-state index is 12.4. The van der Waals surface area contributed by atoms with Crippen molar-refractivity contribution in [1.29, 1.82) is 0 Å². The third-order valence-electron chi connectivity index (χ3n) is 4.78. The van der Waals surface area contributed by atoms with Crippen LogP contribution in [-0.2, 0) is 11.4 Å². The van der Waals surface area contributed by atoms with Crippen molar-refractivity contribution in [2.75, 3.05) is 12.9 Å². The Hall–Kier alpha value is -3.60. The molecule has 9 nitrogen and oxygen atoms in total. The van der Waals surface area contributed by atoms with Gasteiger partial charge in [-0.15, -0.1) is 5.10 Å². The first-order valence-electron chi connectivity index (χ1n) is 10.6. The molecule has 36 heavy (non-hydrogen) atoms. The molecule has 0 unspecified atom stereocenters. The van der Waals surface area contributed by atoms with E-state index in [1.54, 1.807) is 48.2 Å².